The van der Waals surface area contributed by atoms with Gasteiger partial charge in [-0.1, -0.05) is 13.3 Å². The normalized spacial score (nSPS) is 11.3. The maximum absolute atomic E-state index is 14.1. The molecule has 25 heavy (non-hydrogen) atoms. The molecule has 0 amide bonds. The standard InChI is InChI=1S/C18H17FN6/c1-2-4-14-16(22-12-24-10-9-21-17(14)24)11-13-6-8-23-25(13)18-15(19)5-3-7-20-18/h3,5-10,12H,2,4,11H2,1H3. The third kappa shape index (κ3) is 2.77. The highest BCUT2D eigenvalue weighted by molar-refractivity contribution is 5.50. The molecule has 4 heterocycles. The summed E-state index contributed by atoms with van der Waals surface area (Å²) >= 11 is 0. The van der Waals surface area contributed by atoms with Crippen molar-refractivity contribution in [1.82, 2.24) is 29.1 Å². The lowest BCUT2D eigenvalue weighted by Gasteiger charge is -2.11. The predicted molar refractivity (Wildman–Crippen MR) is 91.1 cm³/mol. The SMILES string of the molecule is CCCc1c(Cc2ccnn2-c2ncccc2F)ncn2ccnc12. The fourth-order valence-electron chi connectivity index (χ4n) is 3.00. The Morgan fingerprint density at radius 3 is 2.84 bits per heavy atom. The number of aryl methyl sites for hydroxylation is 1. The summed E-state index contributed by atoms with van der Waals surface area (Å²) in [5, 5.41) is 4.24. The summed E-state index contributed by atoms with van der Waals surface area (Å²) in [7, 11) is 0. The first-order chi connectivity index (χ1) is 12.3. The van der Waals surface area contributed by atoms with Crippen molar-refractivity contribution in [3.63, 3.8) is 0 Å². The van der Waals surface area contributed by atoms with Gasteiger partial charge >= 0.3 is 0 Å². The second kappa shape index (κ2) is 6.43. The van der Waals surface area contributed by atoms with E-state index in [4.69, 9.17) is 0 Å². The summed E-state index contributed by atoms with van der Waals surface area (Å²) in [5.74, 6) is -0.209. The van der Waals surface area contributed by atoms with Gasteiger partial charge in [0.25, 0.3) is 0 Å². The zero-order valence-corrected chi connectivity index (χ0v) is 13.8. The molecular formula is C18H17FN6. The van der Waals surface area contributed by atoms with Gasteiger partial charge in [0.15, 0.2) is 11.6 Å². The number of hydrogen-bond donors (Lipinski definition) is 0. The molecular weight excluding hydrogens is 319 g/mol. The van der Waals surface area contributed by atoms with Crippen LogP contribution in [0.15, 0.2) is 49.3 Å². The van der Waals surface area contributed by atoms with Crippen molar-refractivity contribution >= 4 is 5.65 Å². The molecule has 0 aliphatic rings. The topological polar surface area (TPSA) is 60.9 Å². The Morgan fingerprint density at radius 1 is 1.08 bits per heavy atom. The first-order valence-corrected chi connectivity index (χ1v) is 8.21. The molecule has 4 aromatic heterocycles. The van der Waals surface area contributed by atoms with E-state index in [1.165, 1.54) is 10.7 Å². The van der Waals surface area contributed by atoms with Gasteiger partial charge in [-0.05, 0) is 24.6 Å². The highest BCUT2D eigenvalue weighted by atomic mass is 19.1. The van der Waals surface area contributed by atoms with Crippen LogP contribution in [0.2, 0.25) is 0 Å². The molecule has 0 N–H and O–H groups in total. The quantitative estimate of drug-likeness (QED) is 0.562. The summed E-state index contributed by atoms with van der Waals surface area (Å²) in [4.78, 5) is 13.2. The average Bonchev–Trinajstić information content (AvgIpc) is 3.27. The van der Waals surface area contributed by atoms with Crippen LogP contribution in [-0.2, 0) is 12.8 Å². The van der Waals surface area contributed by atoms with E-state index >= 15 is 0 Å². The third-order valence-corrected chi connectivity index (χ3v) is 4.13. The van der Waals surface area contributed by atoms with Crippen molar-refractivity contribution in [1.29, 1.82) is 0 Å². The van der Waals surface area contributed by atoms with Gasteiger partial charge in [0.05, 0.1) is 11.4 Å². The molecule has 4 rings (SSSR count). The molecule has 0 aromatic carbocycles. The molecule has 0 aliphatic carbocycles. The number of imidazole rings is 1. The van der Waals surface area contributed by atoms with Gasteiger partial charge in [-0.3, -0.25) is 4.40 Å². The lowest BCUT2D eigenvalue weighted by atomic mass is 10.1. The lowest BCUT2D eigenvalue weighted by molar-refractivity contribution is 0.596. The predicted octanol–water partition coefficient (Wildman–Crippen LogP) is 2.99. The zero-order valence-electron chi connectivity index (χ0n) is 13.8. The third-order valence-electron chi connectivity index (χ3n) is 4.13. The maximum atomic E-state index is 14.1. The number of rotatable bonds is 5. The molecule has 0 aliphatic heterocycles. The highest BCUT2D eigenvalue weighted by Gasteiger charge is 2.15. The van der Waals surface area contributed by atoms with E-state index in [9.17, 15) is 4.39 Å². The van der Waals surface area contributed by atoms with Crippen LogP contribution in [0.25, 0.3) is 11.5 Å². The van der Waals surface area contributed by atoms with Crippen LogP contribution in [0.5, 0.6) is 0 Å². The lowest BCUT2D eigenvalue weighted by Crippen LogP contribution is -2.10. The highest BCUT2D eigenvalue weighted by Crippen LogP contribution is 2.20. The van der Waals surface area contributed by atoms with Gasteiger partial charge < -0.3 is 0 Å². The Labute approximate surface area is 144 Å². The summed E-state index contributed by atoms with van der Waals surface area (Å²) in [5.41, 5.74) is 3.79. The molecule has 0 radical (unpaired) electrons. The van der Waals surface area contributed by atoms with Crippen LogP contribution in [0, 0.1) is 5.82 Å². The number of pyridine rings is 1. The van der Waals surface area contributed by atoms with Gasteiger partial charge in [-0.15, -0.1) is 0 Å². The molecule has 0 unspecified atom stereocenters. The van der Waals surface area contributed by atoms with Crippen LogP contribution in [0.4, 0.5) is 4.39 Å². The largest absolute Gasteiger partial charge is 0.290 e. The molecule has 0 bridgehead atoms. The molecule has 7 heteroatoms. The van der Waals surface area contributed by atoms with E-state index in [1.807, 2.05) is 16.7 Å². The Kier molecular flexibility index (Phi) is 3.97. The second-order valence-corrected chi connectivity index (χ2v) is 5.80. The van der Waals surface area contributed by atoms with Gasteiger partial charge in [0.1, 0.15) is 12.0 Å². The van der Waals surface area contributed by atoms with Gasteiger partial charge in [-0.25, -0.2) is 24.0 Å². The van der Waals surface area contributed by atoms with E-state index in [2.05, 4.69) is 27.0 Å². The van der Waals surface area contributed by atoms with Crippen LogP contribution in [0.3, 0.4) is 0 Å². The van der Waals surface area contributed by atoms with Crippen LogP contribution < -0.4 is 0 Å². The Morgan fingerprint density at radius 2 is 2.00 bits per heavy atom. The Hall–Kier alpha value is -3.09. The van der Waals surface area contributed by atoms with Gasteiger partial charge in [-0.2, -0.15) is 5.10 Å². The van der Waals surface area contributed by atoms with Crippen molar-refractivity contribution < 1.29 is 4.39 Å². The maximum Gasteiger partial charge on any atom is 0.189 e. The van der Waals surface area contributed by atoms with E-state index < -0.39 is 5.82 Å². The Bertz CT molecular complexity index is 1020. The minimum atomic E-state index is -0.405. The molecule has 0 saturated carbocycles. The molecule has 0 spiro atoms. The minimum Gasteiger partial charge on any atom is -0.290 e. The van der Waals surface area contributed by atoms with E-state index in [0.29, 0.717) is 6.42 Å². The molecule has 0 atom stereocenters. The van der Waals surface area contributed by atoms with E-state index in [0.717, 1.165) is 35.4 Å². The Balaban J connectivity index is 1.77. The van der Waals surface area contributed by atoms with Gasteiger partial charge in [0.2, 0.25) is 0 Å². The average molecular weight is 336 g/mol. The zero-order chi connectivity index (χ0) is 17.2. The monoisotopic (exact) mass is 336 g/mol. The number of nitrogens with zero attached hydrogens (tertiary/aromatic N) is 6. The molecule has 126 valence electrons. The molecule has 0 saturated heterocycles. The minimum absolute atomic E-state index is 0.196. The fraction of sp³-hybridized carbons (Fsp3) is 0.222. The van der Waals surface area contributed by atoms with Crippen molar-refractivity contribution in [2.24, 2.45) is 0 Å². The summed E-state index contributed by atoms with van der Waals surface area (Å²) < 4.78 is 17.5. The first kappa shape index (κ1) is 15.4. The van der Waals surface area contributed by atoms with E-state index in [-0.39, 0.29) is 5.82 Å². The van der Waals surface area contributed by atoms with Crippen LogP contribution in [-0.4, -0.2) is 29.1 Å². The summed E-state index contributed by atoms with van der Waals surface area (Å²) in [6, 6.07) is 4.81. The van der Waals surface area contributed by atoms with Crippen molar-refractivity contribution in [2.75, 3.05) is 0 Å². The number of fused-ring (bicyclic) bond motifs is 1. The number of aromatic nitrogens is 6. The smallest absolute Gasteiger partial charge is 0.189 e. The molecule has 6 nitrogen and oxygen atoms in total. The summed E-state index contributed by atoms with van der Waals surface area (Å²) in [6.45, 7) is 2.13. The summed E-state index contributed by atoms with van der Waals surface area (Å²) in [6.07, 6.45) is 11.0. The first-order valence-electron chi connectivity index (χ1n) is 8.21. The van der Waals surface area contributed by atoms with Crippen molar-refractivity contribution in [3.8, 4) is 5.82 Å². The second-order valence-electron chi connectivity index (χ2n) is 5.80. The molecule has 0 fully saturated rings. The number of halogens is 1. The molecule has 4 aromatic rings. The fourth-order valence-corrected chi connectivity index (χ4v) is 3.00. The van der Waals surface area contributed by atoms with Gasteiger partial charge in [0, 0.05) is 36.8 Å². The number of hydrogen-bond acceptors (Lipinski definition) is 4. The van der Waals surface area contributed by atoms with Crippen LogP contribution in [0.1, 0.15) is 30.3 Å². The van der Waals surface area contributed by atoms with Crippen molar-refractivity contribution in [3.05, 3.63) is 72.1 Å². The van der Waals surface area contributed by atoms with Crippen LogP contribution >= 0.6 is 0 Å². The van der Waals surface area contributed by atoms with E-state index in [1.54, 1.807) is 31.0 Å². The van der Waals surface area contributed by atoms with Crippen molar-refractivity contribution in [2.45, 2.75) is 26.2 Å².